The Morgan fingerprint density at radius 2 is 2.10 bits per heavy atom. The molecule has 0 spiro atoms. The maximum atomic E-state index is 11.8. The van der Waals surface area contributed by atoms with Crippen molar-refractivity contribution in [2.75, 3.05) is 7.05 Å². The van der Waals surface area contributed by atoms with Gasteiger partial charge in [0.05, 0.1) is 0 Å². The van der Waals surface area contributed by atoms with E-state index in [9.17, 15) is 19.2 Å². The molecule has 0 saturated carbocycles. The second kappa shape index (κ2) is 7.61. The first-order valence-corrected chi connectivity index (χ1v) is 6.97. The minimum atomic E-state index is -1.11. The highest BCUT2D eigenvalue weighted by molar-refractivity contribution is 6.01. The molecule has 1 saturated heterocycles. The normalized spacial score (nSPS) is 20.1. The minimum absolute atomic E-state index is 0.172. The van der Waals surface area contributed by atoms with Gasteiger partial charge in [-0.3, -0.25) is 14.5 Å². The Kier molecular flexibility index (Phi) is 6.13. The average Bonchev–Trinajstić information content (AvgIpc) is 2.43. The van der Waals surface area contributed by atoms with Gasteiger partial charge in [0.15, 0.2) is 0 Å². The molecule has 118 valence electrons. The van der Waals surface area contributed by atoms with Crippen LogP contribution in [0, 0.1) is 0 Å². The Hall–Kier alpha value is -2.12. The van der Waals surface area contributed by atoms with Crippen molar-refractivity contribution in [1.29, 1.82) is 0 Å². The molecule has 0 aromatic heterocycles. The summed E-state index contributed by atoms with van der Waals surface area (Å²) in [5.74, 6) is -1.88. The number of hydrogen-bond donors (Lipinski definition) is 3. The molecule has 0 radical (unpaired) electrons. The lowest BCUT2D eigenvalue weighted by Crippen LogP contribution is -2.56. The number of unbranched alkanes of at least 4 members (excludes halogenated alkanes) is 1. The third kappa shape index (κ3) is 4.73. The van der Waals surface area contributed by atoms with Gasteiger partial charge < -0.3 is 15.7 Å². The van der Waals surface area contributed by atoms with Crippen molar-refractivity contribution >= 4 is 23.8 Å². The topological polar surface area (TPSA) is 116 Å². The maximum Gasteiger partial charge on any atom is 0.326 e. The first kappa shape index (κ1) is 16.9. The monoisotopic (exact) mass is 299 g/mol. The van der Waals surface area contributed by atoms with Crippen molar-refractivity contribution in [3.63, 3.8) is 0 Å². The molecule has 1 aliphatic heterocycles. The first-order chi connectivity index (χ1) is 9.86. The van der Waals surface area contributed by atoms with Gasteiger partial charge in [0.2, 0.25) is 5.91 Å². The Morgan fingerprint density at radius 3 is 2.67 bits per heavy atom. The number of likely N-dealkylation sites (N-methyl/N-ethyl adjacent to an activating group) is 1. The standard InChI is InChI=1S/C13H21N3O5/c1-3-4-5-9(12(19)20)15-13(21)14-8-6-7-10(17)16(2)11(8)18/h8-9H,3-7H2,1-2H3,(H,19,20)(H2,14,15,21)/t8?,9-/m0/s1. The molecule has 21 heavy (non-hydrogen) atoms. The van der Waals surface area contributed by atoms with Gasteiger partial charge in [-0.1, -0.05) is 19.8 Å². The van der Waals surface area contributed by atoms with Gasteiger partial charge in [0.25, 0.3) is 5.91 Å². The van der Waals surface area contributed by atoms with Crippen LogP contribution in [0.15, 0.2) is 0 Å². The van der Waals surface area contributed by atoms with Gasteiger partial charge in [-0.15, -0.1) is 0 Å². The Bertz CT molecular complexity index is 438. The fourth-order valence-corrected chi connectivity index (χ4v) is 2.07. The molecule has 4 amide bonds. The van der Waals surface area contributed by atoms with Gasteiger partial charge in [-0.2, -0.15) is 0 Å². The van der Waals surface area contributed by atoms with Crippen molar-refractivity contribution in [1.82, 2.24) is 15.5 Å². The highest BCUT2D eigenvalue weighted by Gasteiger charge is 2.33. The predicted octanol–water partition coefficient (Wildman–Crippen LogP) is 0.0764. The molecule has 3 N–H and O–H groups in total. The van der Waals surface area contributed by atoms with Crippen molar-refractivity contribution < 1.29 is 24.3 Å². The number of amides is 4. The van der Waals surface area contributed by atoms with Crippen LogP contribution in [0.25, 0.3) is 0 Å². The molecule has 1 rings (SSSR count). The minimum Gasteiger partial charge on any atom is -0.480 e. The van der Waals surface area contributed by atoms with Crippen LogP contribution in [0.2, 0.25) is 0 Å². The van der Waals surface area contributed by atoms with E-state index >= 15 is 0 Å². The van der Waals surface area contributed by atoms with Gasteiger partial charge in [-0.25, -0.2) is 9.59 Å². The first-order valence-electron chi connectivity index (χ1n) is 6.97. The Balaban J connectivity index is 2.54. The van der Waals surface area contributed by atoms with Crippen molar-refractivity contribution in [2.24, 2.45) is 0 Å². The number of aliphatic carboxylic acids is 1. The maximum absolute atomic E-state index is 11.8. The highest BCUT2D eigenvalue weighted by Crippen LogP contribution is 2.11. The summed E-state index contributed by atoms with van der Waals surface area (Å²) in [5, 5.41) is 13.8. The number of urea groups is 1. The quantitative estimate of drug-likeness (QED) is 0.600. The summed E-state index contributed by atoms with van der Waals surface area (Å²) in [6.45, 7) is 1.92. The lowest BCUT2D eigenvalue weighted by Gasteiger charge is -2.28. The number of hydrogen-bond acceptors (Lipinski definition) is 4. The molecule has 1 unspecified atom stereocenters. The number of nitrogens with zero attached hydrogens (tertiary/aromatic N) is 1. The zero-order chi connectivity index (χ0) is 16.0. The second-order valence-corrected chi connectivity index (χ2v) is 5.03. The second-order valence-electron chi connectivity index (χ2n) is 5.03. The summed E-state index contributed by atoms with van der Waals surface area (Å²) in [6.07, 6.45) is 2.22. The van der Waals surface area contributed by atoms with Crippen molar-refractivity contribution in [3.05, 3.63) is 0 Å². The summed E-state index contributed by atoms with van der Waals surface area (Å²) < 4.78 is 0. The van der Waals surface area contributed by atoms with Crippen LogP contribution < -0.4 is 10.6 Å². The molecular weight excluding hydrogens is 278 g/mol. The number of carbonyl (C=O) groups is 4. The van der Waals surface area contributed by atoms with E-state index < -0.39 is 30.0 Å². The largest absolute Gasteiger partial charge is 0.480 e. The third-order valence-electron chi connectivity index (χ3n) is 3.40. The van der Waals surface area contributed by atoms with Gasteiger partial charge in [-0.05, 0) is 12.8 Å². The van der Waals surface area contributed by atoms with Crippen LogP contribution in [0.4, 0.5) is 4.79 Å². The summed E-state index contributed by atoms with van der Waals surface area (Å²) in [7, 11) is 1.36. The number of carbonyl (C=O) groups excluding carboxylic acids is 3. The van der Waals surface area contributed by atoms with E-state index in [1.807, 2.05) is 6.92 Å². The smallest absolute Gasteiger partial charge is 0.326 e. The lowest BCUT2D eigenvalue weighted by atomic mass is 10.0. The van der Waals surface area contributed by atoms with Crippen LogP contribution in [0.1, 0.15) is 39.0 Å². The molecule has 1 aliphatic rings. The van der Waals surface area contributed by atoms with E-state index in [1.54, 1.807) is 0 Å². The molecule has 8 nitrogen and oxygen atoms in total. The fourth-order valence-electron chi connectivity index (χ4n) is 2.07. The number of carboxylic acid groups (broad SMARTS) is 1. The van der Waals surface area contributed by atoms with E-state index in [0.717, 1.165) is 11.3 Å². The SMILES string of the molecule is CCCC[C@H](NC(=O)NC1CCC(=O)N(C)C1=O)C(=O)O. The van der Waals surface area contributed by atoms with Crippen molar-refractivity contribution in [2.45, 2.75) is 51.1 Å². The van der Waals surface area contributed by atoms with Crippen LogP contribution in [0.3, 0.4) is 0 Å². The number of imide groups is 1. The number of piperidine rings is 1. The lowest BCUT2D eigenvalue weighted by molar-refractivity contribution is -0.147. The predicted molar refractivity (Wildman–Crippen MR) is 73.4 cm³/mol. The van der Waals surface area contributed by atoms with Crippen LogP contribution in [-0.2, 0) is 14.4 Å². The van der Waals surface area contributed by atoms with Gasteiger partial charge in [0, 0.05) is 13.5 Å². The molecule has 2 atom stereocenters. The Morgan fingerprint density at radius 1 is 1.43 bits per heavy atom. The number of carboxylic acids is 1. The van der Waals surface area contributed by atoms with E-state index in [-0.39, 0.29) is 18.7 Å². The molecule has 1 heterocycles. The Labute approximate surface area is 122 Å². The zero-order valence-electron chi connectivity index (χ0n) is 12.2. The summed E-state index contributed by atoms with van der Waals surface area (Å²) in [4.78, 5) is 46.9. The van der Waals surface area contributed by atoms with Crippen LogP contribution >= 0.6 is 0 Å². The molecular formula is C13H21N3O5. The molecule has 0 aromatic carbocycles. The van der Waals surface area contributed by atoms with Gasteiger partial charge in [0.1, 0.15) is 12.1 Å². The number of rotatable bonds is 6. The van der Waals surface area contributed by atoms with E-state index in [1.165, 1.54) is 7.05 Å². The van der Waals surface area contributed by atoms with Crippen LogP contribution in [-0.4, -0.2) is 53.0 Å². The molecule has 0 aromatic rings. The average molecular weight is 299 g/mol. The molecule has 8 heteroatoms. The highest BCUT2D eigenvalue weighted by atomic mass is 16.4. The number of nitrogens with one attached hydrogen (secondary N) is 2. The zero-order valence-corrected chi connectivity index (χ0v) is 12.2. The number of likely N-dealkylation sites (tertiary alicyclic amines) is 1. The molecule has 0 bridgehead atoms. The summed E-state index contributed by atoms with van der Waals surface area (Å²) >= 11 is 0. The molecule has 1 fully saturated rings. The third-order valence-corrected chi connectivity index (χ3v) is 3.40. The summed E-state index contributed by atoms with van der Waals surface area (Å²) in [6, 6.07) is -2.49. The van der Waals surface area contributed by atoms with E-state index in [0.29, 0.717) is 12.8 Å². The van der Waals surface area contributed by atoms with E-state index in [2.05, 4.69) is 10.6 Å². The van der Waals surface area contributed by atoms with Gasteiger partial charge >= 0.3 is 12.0 Å². The van der Waals surface area contributed by atoms with Crippen molar-refractivity contribution in [3.8, 4) is 0 Å². The van der Waals surface area contributed by atoms with Crippen LogP contribution in [0.5, 0.6) is 0 Å². The molecule has 0 aliphatic carbocycles. The fraction of sp³-hybridized carbons (Fsp3) is 0.692. The summed E-state index contributed by atoms with van der Waals surface area (Å²) in [5.41, 5.74) is 0. The van der Waals surface area contributed by atoms with E-state index in [4.69, 9.17) is 5.11 Å².